The first-order valence-electron chi connectivity index (χ1n) is 4.83. The van der Waals surface area contributed by atoms with Crippen LogP contribution in [0.5, 0.6) is 0 Å². The standard InChI is InChI=1S/C8H16N2.CHF2NS/c1-3-4-5-10-7-6-9(2)8-10;2-1(3)4-5/h6-7H,3-5,8H2,1-2H3;1H. The Labute approximate surface area is 94.9 Å². The van der Waals surface area contributed by atoms with E-state index in [0.717, 1.165) is 6.67 Å². The molecule has 0 aromatic heterocycles. The van der Waals surface area contributed by atoms with Crippen molar-refractivity contribution in [2.75, 3.05) is 20.3 Å². The van der Waals surface area contributed by atoms with Crippen LogP contribution in [0.2, 0.25) is 0 Å². The van der Waals surface area contributed by atoms with Crippen molar-refractivity contribution in [1.29, 1.82) is 0 Å². The molecule has 0 aliphatic carbocycles. The van der Waals surface area contributed by atoms with E-state index < -0.39 is 6.55 Å². The van der Waals surface area contributed by atoms with Gasteiger partial charge in [0.2, 0.25) is 0 Å². The Morgan fingerprint density at radius 1 is 1.47 bits per heavy atom. The molecule has 1 aliphatic heterocycles. The van der Waals surface area contributed by atoms with Gasteiger partial charge < -0.3 is 9.80 Å². The molecule has 0 N–H and O–H groups in total. The van der Waals surface area contributed by atoms with Gasteiger partial charge in [-0.25, -0.2) is 0 Å². The van der Waals surface area contributed by atoms with Crippen LogP contribution in [-0.4, -0.2) is 36.6 Å². The van der Waals surface area contributed by atoms with Gasteiger partial charge in [-0.05, 0) is 6.42 Å². The van der Waals surface area contributed by atoms with Crippen molar-refractivity contribution in [3.05, 3.63) is 12.4 Å². The van der Waals surface area contributed by atoms with Crippen LogP contribution in [-0.2, 0) is 12.4 Å². The van der Waals surface area contributed by atoms with Crippen molar-refractivity contribution in [2.24, 2.45) is 4.36 Å². The van der Waals surface area contributed by atoms with Gasteiger partial charge in [-0.15, -0.1) is 4.36 Å². The SMILES string of the molecule is CCCCN1C=CN(C)C1.FC(F)N=S. The fourth-order valence-electron chi connectivity index (χ4n) is 1.10. The number of unbranched alkanes of at least 4 members (excludes halogenated alkanes) is 1. The first-order valence-corrected chi connectivity index (χ1v) is 5.20. The van der Waals surface area contributed by atoms with E-state index in [-0.39, 0.29) is 0 Å². The molecule has 0 unspecified atom stereocenters. The van der Waals surface area contributed by atoms with Gasteiger partial charge in [0.05, 0.1) is 6.67 Å². The van der Waals surface area contributed by atoms with E-state index in [9.17, 15) is 8.78 Å². The first kappa shape index (κ1) is 14.2. The second-order valence-corrected chi connectivity index (χ2v) is 3.46. The van der Waals surface area contributed by atoms with Gasteiger partial charge in [0.25, 0.3) is 0 Å². The lowest BCUT2D eigenvalue weighted by molar-refractivity contribution is 0.163. The Morgan fingerprint density at radius 2 is 2.07 bits per heavy atom. The Morgan fingerprint density at radius 3 is 2.40 bits per heavy atom. The molecule has 0 saturated carbocycles. The van der Waals surface area contributed by atoms with Crippen molar-refractivity contribution in [2.45, 2.75) is 26.3 Å². The van der Waals surface area contributed by atoms with Crippen molar-refractivity contribution in [1.82, 2.24) is 9.80 Å². The highest BCUT2D eigenvalue weighted by atomic mass is 32.1. The molecule has 0 aromatic carbocycles. The molecule has 0 atom stereocenters. The maximum absolute atomic E-state index is 10.5. The molecule has 1 aliphatic rings. The van der Waals surface area contributed by atoms with E-state index in [2.05, 4.69) is 53.0 Å². The molecule has 1 heterocycles. The van der Waals surface area contributed by atoms with Gasteiger partial charge in [-0.2, -0.15) is 8.78 Å². The predicted molar refractivity (Wildman–Crippen MR) is 59.2 cm³/mol. The van der Waals surface area contributed by atoms with Crippen LogP contribution < -0.4 is 0 Å². The summed E-state index contributed by atoms with van der Waals surface area (Å²) < 4.78 is 23.1. The van der Waals surface area contributed by atoms with Crippen LogP contribution in [0.15, 0.2) is 16.8 Å². The van der Waals surface area contributed by atoms with Crippen LogP contribution in [0, 0.1) is 0 Å². The summed E-state index contributed by atoms with van der Waals surface area (Å²) in [6, 6.07) is 0. The molecular weight excluding hydrogens is 220 g/mol. The molecule has 88 valence electrons. The average molecular weight is 237 g/mol. The summed E-state index contributed by atoms with van der Waals surface area (Å²) in [7, 11) is 2.10. The zero-order chi connectivity index (χ0) is 11.7. The highest BCUT2D eigenvalue weighted by Crippen LogP contribution is 2.04. The van der Waals surface area contributed by atoms with Crippen LogP contribution in [0.4, 0.5) is 8.78 Å². The minimum Gasteiger partial charge on any atom is -0.362 e. The number of hydrogen-bond acceptors (Lipinski definition) is 4. The molecule has 0 amide bonds. The van der Waals surface area contributed by atoms with Crippen molar-refractivity contribution < 1.29 is 8.78 Å². The Balaban J connectivity index is 0.000000336. The van der Waals surface area contributed by atoms with Gasteiger partial charge in [-0.1, -0.05) is 13.3 Å². The summed E-state index contributed by atoms with van der Waals surface area (Å²) in [5.74, 6) is 0. The fourth-order valence-corrected chi connectivity index (χ4v) is 1.10. The Kier molecular flexibility index (Phi) is 8.08. The van der Waals surface area contributed by atoms with Crippen molar-refractivity contribution in [3.8, 4) is 0 Å². The molecule has 6 heteroatoms. The fraction of sp³-hybridized carbons (Fsp3) is 0.778. The summed E-state index contributed by atoms with van der Waals surface area (Å²) in [5.41, 5.74) is 0. The van der Waals surface area contributed by atoms with E-state index in [4.69, 9.17) is 0 Å². The molecule has 0 aromatic rings. The van der Waals surface area contributed by atoms with Crippen molar-refractivity contribution in [3.63, 3.8) is 0 Å². The van der Waals surface area contributed by atoms with Crippen molar-refractivity contribution >= 4 is 12.4 Å². The number of nitrogens with zero attached hydrogens (tertiary/aromatic N) is 3. The molecule has 0 bridgehead atoms. The normalized spacial score (nSPS) is 14.2. The monoisotopic (exact) mass is 237 g/mol. The molecule has 0 saturated heterocycles. The number of alkyl halides is 2. The smallest absolute Gasteiger partial charge is 0.342 e. The quantitative estimate of drug-likeness (QED) is 0.700. The van der Waals surface area contributed by atoms with E-state index in [1.807, 2.05) is 0 Å². The highest BCUT2D eigenvalue weighted by molar-refractivity contribution is 7.47. The van der Waals surface area contributed by atoms with E-state index in [0.29, 0.717) is 0 Å². The van der Waals surface area contributed by atoms with E-state index >= 15 is 0 Å². The van der Waals surface area contributed by atoms with Gasteiger partial charge in [0, 0.05) is 38.4 Å². The summed E-state index contributed by atoms with van der Waals surface area (Å²) in [5, 5.41) is 0. The molecule has 0 spiro atoms. The summed E-state index contributed by atoms with van der Waals surface area (Å²) >= 11 is 3.55. The lowest BCUT2D eigenvalue weighted by Crippen LogP contribution is -2.23. The second-order valence-electron chi connectivity index (χ2n) is 3.25. The lowest BCUT2D eigenvalue weighted by Gasteiger charge is -2.17. The van der Waals surface area contributed by atoms with Gasteiger partial charge in [0.1, 0.15) is 0 Å². The Bertz CT molecular complexity index is 200. The lowest BCUT2D eigenvalue weighted by atomic mass is 10.3. The second kappa shape index (κ2) is 8.52. The number of rotatable bonds is 4. The zero-order valence-corrected chi connectivity index (χ0v) is 9.88. The maximum Gasteiger partial charge on any atom is 0.342 e. The zero-order valence-electron chi connectivity index (χ0n) is 9.07. The minimum absolute atomic E-state index is 1.07. The molecule has 0 radical (unpaired) electrons. The summed E-state index contributed by atoms with van der Waals surface area (Å²) in [6.07, 6.45) is 6.87. The van der Waals surface area contributed by atoms with Gasteiger partial charge in [-0.3, -0.25) is 0 Å². The summed E-state index contributed by atoms with van der Waals surface area (Å²) in [6.45, 7) is 1.82. The highest BCUT2D eigenvalue weighted by Gasteiger charge is 2.05. The average Bonchev–Trinajstić information content (AvgIpc) is 2.62. The molecule has 3 nitrogen and oxygen atoms in total. The van der Waals surface area contributed by atoms with Gasteiger partial charge >= 0.3 is 6.55 Å². The van der Waals surface area contributed by atoms with Gasteiger partial charge in [0.15, 0.2) is 0 Å². The third-order valence-corrected chi connectivity index (χ3v) is 1.97. The predicted octanol–water partition coefficient (Wildman–Crippen LogP) is 2.40. The van der Waals surface area contributed by atoms with Crippen LogP contribution in [0.3, 0.4) is 0 Å². The largest absolute Gasteiger partial charge is 0.362 e. The van der Waals surface area contributed by atoms with E-state index in [1.54, 1.807) is 0 Å². The molecule has 15 heavy (non-hydrogen) atoms. The number of halogens is 2. The topological polar surface area (TPSA) is 18.8 Å². The maximum atomic E-state index is 10.5. The number of hydrogen-bond donors (Lipinski definition) is 0. The first-order chi connectivity index (χ1) is 7.10. The third kappa shape index (κ3) is 8.23. The molecule has 0 fully saturated rings. The van der Waals surface area contributed by atoms with Crippen LogP contribution in [0.1, 0.15) is 19.8 Å². The van der Waals surface area contributed by atoms with E-state index in [1.165, 1.54) is 19.4 Å². The molecular formula is C9H17F2N3S. The minimum atomic E-state index is -2.68. The van der Waals surface area contributed by atoms with Crippen LogP contribution >= 0.6 is 0 Å². The van der Waals surface area contributed by atoms with Crippen LogP contribution in [0.25, 0.3) is 0 Å². The summed E-state index contributed by atoms with van der Waals surface area (Å²) in [4.78, 5) is 4.53. The Hall–Kier alpha value is -0.780. The third-order valence-electron chi connectivity index (χ3n) is 1.82. The molecule has 1 rings (SSSR count).